The zero-order chi connectivity index (χ0) is 13.3. The third kappa shape index (κ3) is 2.41. The summed E-state index contributed by atoms with van der Waals surface area (Å²) in [6.07, 6.45) is 0. The van der Waals surface area contributed by atoms with Crippen molar-refractivity contribution >= 4 is 17.4 Å². The molecule has 1 nitrogen and oxygen atoms in total. The molecule has 0 heterocycles. The molecule has 0 saturated carbocycles. The number of hydrogen-bond donors (Lipinski definition) is 0. The molecule has 0 spiro atoms. The highest BCUT2D eigenvalue weighted by Crippen LogP contribution is 2.20. The summed E-state index contributed by atoms with van der Waals surface area (Å²) in [5, 5.41) is 0.188. The zero-order valence-electron chi connectivity index (χ0n) is 9.51. The van der Waals surface area contributed by atoms with Gasteiger partial charge >= 0.3 is 0 Å². The van der Waals surface area contributed by atoms with Gasteiger partial charge in [-0.15, -0.1) is 0 Å². The fourth-order valence-electron chi connectivity index (χ4n) is 1.62. The lowest BCUT2D eigenvalue weighted by Crippen LogP contribution is -2.06. The average molecular weight is 267 g/mol. The third-order valence-corrected chi connectivity index (χ3v) is 2.78. The molecular formula is C14H9ClF2O. The highest BCUT2D eigenvalue weighted by molar-refractivity contribution is 6.30. The smallest absolute Gasteiger partial charge is 0.198 e. The van der Waals surface area contributed by atoms with E-state index in [1.165, 1.54) is 24.3 Å². The first-order valence-corrected chi connectivity index (χ1v) is 5.63. The predicted molar refractivity (Wildman–Crippen MR) is 66.0 cm³/mol. The van der Waals surface area contributed by atoms with Gasteiger partial charge in [0.25, 0.3) is 0 Å². The van der Waals surface area contributed by atoms with Crippen LogP contribution in [0.2, 0.25) is 5.02 Å². The molecule has 0 aliphatic carbocycles. The number of aryl methyl sites for hydroxylation is 1. The van der Waals surface area contributed by atoms with E-state index in [1.54, 1.807) is 13.0 Å². The van der Waals surface area contributed by atoms with Crippen molar-refractivity contribution in [3.8, 4) is 0 Å². The molecule has 0 aromatic heterocycles. The summed E-state index contributed by atoms with van der Waals surface area (Å²) < 4.78 is 27.2. The van der Waals surface area contributed by atoms with Gasteiger partial charge in [-0.1, -0.05) is 17.7 Å². The molecule has 0 aliphatic heterocycles. The van der Waals surface area contributed by atoms with E-state index in [1.807, 2.05) is 0 Å². The lowest BCUT2D eigenvalue weighted by Gasteiger charge is -2.05. The molecule has 2 rings (SSSR count). The summed E-state index contributed by atoms with van der Waals surface area (Å²) in [5.41, 5.74) is 0.351. The summed E-state index contributed by atoms with van der Waals surface area (Å²) >= 11 is 5.59. The Morgan fingerprint density at radius 2 is 1.56 bits per heavy atom. The Kier molecular flexibility index (Phi) is 3.43. The number of hydrogen-bond acceptors (Lipinski definition) is 1. The van der Waals surface area contributed by atoms with Crippen LogP contribution in [0.1, 0.15) is 21.5 Å². The lowest BCUT2D eigenvalue weighted by atomic mass is 10.0. The van der Waals surface area contributed by atoms with E-state index in [-0.39, 0.29) is 16.1 Å². The van der Waals surface area contributed by atoms with Crippen molar-refractivity contribution < 1.29 is 13.6 Å². The van der Waals surface area contributed by atoms with Crippen molar-refractivity contribution in [2.45, 2.75) is 6.92 Å². The maximum Gasteiger partial charge on any atom is 0.198 e. The monoisotopic (exact) mass is 266 g/mol. The predicted octanol–water partition coefficient (Wildman–Crippen LogP) is 4.16. The molecule has 0 aliphatic rings. The summed E-state index contributed by atoms with van der Waals surface area (Å²) in [6, 6.07) is 7.86. The van der Waals surface area contributed by atoms with E-state index in [2.05, 4.69) is 0 Å². The highest BCUT2D eigenvalue weighted by Gasteiger charge is 2.17. The molecule has 0 atom stereocenters. The summed E-state index contributed by atoms with van der Waals surface area (Å²) in [6.45, 7) is 1.71. The molecule has 0 fully saturated rings. The van der Waals surface area contributed by atoms with Crippen molar-refractivity contribution in [3.05, 3.63) is 69.7 Å². The normalized spacial score (nSPS) is 10.4. The number of benzene rings is 2. The van der Waals surface area contributed by atoms with Crippen molar-refractivity contribution in [2.75, 3.05) is 0 Å². The number of halogens is 3. The van der Waals surface area contributed by atoms with Gasteiger partial charge in [-0.05, 0) is 42.8 Å². The second kappa shape index (κ2) is 4.86. The van der Waals surface area contributed by atoms with Gasteiger partial charge in [0.2, 0.25) is 0 Å². The second-order valence-corrected chi connectivity index (χ2v) is 4.37. The highest BCUT2D eigenvalue weighted by atomic mass is 35.5. The largest absolute Gasteiger partial charge is 0.288 e. The molecule has 4 heteroatoms. The summed E-state index contributed by atoms with van der Waals surface area (Å²) in [5.74, 6) is -2.11. The van der Waals surface area contributed by atoms with Crippen LogP contribution in [0.25, 0.3) is 0 Å². The van der Waals surface area contributed by atoms with Gasteiger partial charge in [0.1, 0.15) is 11.6 Å². The molecule has 0 amide bonds. The molecule has 92 valence electrons. The Labute approximate surface area is 108 Å². The van der Waals surface area contributed by atoms with Crippen LogP contribution in [0, 0.1) is 18.6 Å². The number of ketones is 1. The Morgan fingerprint density at radius 1 is 1.00 bits per heavy atom. The zero-order valence-corrected chi connectivity index (χ0v) is 10.3. The van der Waals surface area contributed by atoms with Crippen molar-refractivity contribution in [1.29, 1.82) is 0 Å². The maximum atomic E-state index is 13.6. The molecule has 0 unspecified atom stereocenters. The molecule has 2 aromatic carbocycles. The lowest BCUT2D eigenvalue weighted by molar-refractivity contribution is 0.103. The van der Waals surface area contributed by atoms with Crippen LogP contribution in [0.3, 0.4) is 0 Å². The van der Waals surface area contributed by atoms with E-state index < -0.39 is 17.4 Å². The Morgan fingerprint density at radius 3 is 2.11 bits per heavy atom. The molecule has 0 bridgehead atoms. The Bertz CT molecular complexity index is 570. The fourth-order valence-corrected chi connectivity index (χ4v) is 1.78. The fraction of sp³-hybridized carbons (Fsp3) is 0.0714. The van der Waals surface area contributed by atoms with Crippen LogP contribution in [-0.4, -0.2) is 5.78 Å². The van der Waals surface area contributed by atoms with Crippen LogP contribution in [0.4, 0.5) is 8.78 Å². The van der Waals surface area contributed by atoms with Crippen molar-refractivity contribution in [3.63, 3.8) is 0 Å². The topological polar surface area (TPSA) is 17.1 Å². The molecule has 18 heavy (non-hydrogen) atoms. The van der Waals surface area contributed by atoms with Crippen LogP contribution in [0.5, 0.6) is 0 Å². The Hall–Kier alpha value is -1.74. The van der Waals surface area contributed by atoms with Gasteiger partial charge < -0.3 is 0 Å². The van der Waals surface area contributed by atoms with Gasteiger partial charge in [0.15, 0.2) is 5.78 Å². The number of carbonyl (C=O) groups is 1. The molecule has 0 N–H and O–H groups in total. The first kappa shape index (κ1) is 12.7. The Balaban J connectivity index is 2.48. The van der Waals surface area contributed by atoms with Gasteiger partial charge in [0, 0.05) is 5.02 Å². The first-order chi connectivity index (χ1) is 8.49. The minimum Gasteiger partial charge on any atom is -0.288 e. The van der Waals surface area contributed by atoms with Crippen LogP contribution >= 0.6 is 11.6 Å². The van der Waals surface area contributed by atoms with E-state index in [9.17, 15) is 13.6 Å². The van der Waals surface area contributed by atoms with Crippen molar-refractivity contribution in [2.24, 2.45) is 0 Å². The molecule has 0 saturated heterocycles. The van der Waals surface area contributed by atoms with Gasteiger partial charge in [0.05, 0.1) is 11.1 Å². The summed E-state index contributed by atoms with van der Waals surface area (Å²) in [4.78, 5) is 12.0. The minimum atomic E-state index is -0.757. The van der Waals surface area contributed by atoms with E-state index in [0.717, 1.165) is 6.07 Å². The van der Waals surface area contributed by atoms with E-state index >= 15 is 0 Å². The standard InChI is InChI=1S/C14H9ClF2O/c1-8-2-4-10(12(16)6-8)14(18)11-5-3-9(15)7-13(11)17/h2-7H,1H3. The number of rotatable bonds is 2. The SMILES string of the molecule is Cc1ccc(C(=O)c2ccc(Cl)cc2F)c(F)c1. The van der Waals surface area contributed by atoms with Crippen LogP contribution in [-0.2, 0) is 0 Å². The van der Waals surface area contributed by atoms with E-state index in [4.69, 9.17) is 11.6 Å². The minimum absolute atomic E-state index is 0.151. The van der Waals surface area contributed by atoms with Crippen LogP contribution in [0.15, 0.2) is 36.4 Å². The first-order valence-electron chi connectivity index (χ1n) is 5.25. The van der Waals surface area contributed by atoms with E-state index in [0.29, 0.717) is 5.56 Å². The average Bonchev–Trinajstić information content (AvgIpc) is 2.28. The van der Waals surface area contributed by atoms with Crippen LogP contribution < -0.4 is 0 Å². The maximum absolute atomic E-state index is 13.6. The number of carbonyl (C=O) groups excluding carboxylic acids is 1. The second-order valence-electron chi connectivity index (χ2n) is 3.94. The van der Waals surface area contributed by atoms with Gasteiger partial charge in [-0.25, -0.2) is 8.78 Å². The molecule has 2 aromatic rings. The third-order valence-electron chi connectivity index (χ3n) is 2.54. The molecule has 0 radical (unpaired) electrons. The van der Waals surface area contributed by atoms with Gasteiger partial charge in [-0.3, -0.25) is 4.79 Å². The van der Waals surface area contributed by atoms with Gasteiger partial charge in [-0.2, -0.15) is 0 Å². The quantitative estimate of drug-likeness (QED) is 0.746. The summed E-state index contributed by atoms with van der Waals surface area (Å²) in [7, 11) is 0. The van der Waals surface area contributed by atoms with Crippen molar-refractivity contribution in [1.82, 2.24) is 0 Å². The molecular weight excluding hydrogens is 258 g/mol.